The number of nitrogens with one attached hydrogen (secondary N) is 1. The molecule has 0 unspecified atom stereocenters. The van der Waals surface area contributed by atoms with Crippen LogP contribution in [0, 0.1) is 11.3 Å². The van der Waals surface area contributed by atoms with E-state index in [-0.39, 0.29) is 5.69 Å². The van der Waals surface area contributed by atoms with Gasteiger partial charge in [0.15, 0.2) is 11.5 Å². The van der Waals surface area contributed by atoms with Crippen molar-refractivity contribution in [1.82, 2.24) is 19.6 Å². The first kappa shape index (κ1) is 12.3. The van der Waals surface area contributed by atoms with Crippen LogP contribution < -0.4 is 5.69 Å². The summed E-state index contributed by atoms with van der Waals surface area (Å²) in [5.41, 5.74) is 2.09. The summed E-state index contributed by atoms with van der Waals surface area (Å²) in [5, 5.41) is 14.1. The van der Waals surface area contributed by atoms with Crippen molar-refractivity contribution in [2.75, 3.05) is 0 Å². The lowest BCUT2D eigenvalue weighted by atomic mass is 10.1. The fourth-order valence-electron chi connectivity index (χ4n) is 2.43. The zero-order valence-electron chi connectivity index (χ0n) is 11.3. The van der Waals surface area contributed by atoms with E-state index in [1.807, 2.05) is 30.3 Å². The largest absolute Gasteiger partial charge is 0.348 e. The molecule has 0 bridgehead atoms. The molecule has 6 nitrogen and oxygen atoms in total. The molecule has 2 aromatic heterocycles. The van der Waals surface area contributed by atoms with E-state index < -0.39 is 0 Å². The molecular formula is C16H9N5O. The van der Waals surface area contributed by atoms with Crippen molar-refractivity contribution in [3.05, 3.63) is 64.6 Å². The maximum absolute atomic E-state index is 12.1. The minimum atomic E-state index is -0.344. The molecular weight excluding hydrogens is 278 g/mol. The molecule has 0 spiro atoms. The molecule has 4 rings (SSSR count). The van der Waals surface area contributed by atoms with Crippen LogP contribution in [-0.2, 0) is 0 Å². The van der Waals surface area contributed by atoms with Crippen molar-refractivity contribution in [1.29, 1.82) is 5.26 Å². The Labute approximate surface area is 124 Å². The molecule has 0 fully saturated rings. The molecule has 104 valence electrons. The number of aromatic amines is 1. The average molecular weight is 287 g/mol. The highest BCUT2D eigenvalue weighted by Crippen LogP contribution is 2.20. The maximum atomic E-state index is 12.1. The van der Waals surface area contributed by atoms with Crippen LogP contribution in [0.1, 0.15) is 5.56 Å². The standard InChI is InChI=1S/C16H9N5O/c17-9-10-4-3-5-11(8-10)14-19-15-12-6-1-2-7-13(12)18-16(22)21(15)20-14/h1-8H,(H,18,22). The fourth-order valence-corrected chi connectivity index (χ4v) is 2.43. The van der Waals surface area contributed by atoms with Crippen molar-refractivity contribution < 1.29 is 0 Å². The minimum Gasteiger partial charge on any atom is -0.305 e. The normalized spacial score (nSPS) is 10.9. The Morgan fingerprint density at radius 2 is 2.00 bits per heavy atom. The van der Waals surface area contributed by atoms with Gasteiger partial charge >= 0.3 is 5.69 Å². The number of aromatic nitrogens is 4. The van der Waals surface area contributed by atoms with E-state index >= 15 is 0 Å². The highest BCUT2D eigenvalue weighted by atomic mass is 16.1. The van der Waals surface area contributed by atoms with Crippen LogP contribution in [0.5, 0.6) is 0 Å². The fraction of sp³-hybridized carbons (Fsp3) is 0. The molecule has 4 aromatic rings. The molecule has 0 aliphatic rings. The summed E-state index contributed by atoms with van der Waals surface area (Å²) in [7, 11) is 0. The summed E-state index contributed by atoms with van der Waals surface area (Å²) in [4.78, 5) is 19.4. The molecule has 0 atom stereocenters. The summed E-state index contributed by atoms with van der Waals surface area (Å²) < 4.78 is 1.25. The van der Waals surface area contributed by atoms with Crippen molar-refractivity contribution in [2.24, 2.45) is 0 Å². The molecule has 1 N–H and O–H groups in total. The van der Waals surface area contributed by atoms with Crippen LogP contribution in [-0.4, -0.2) is 19.6 Å². The van der Waals surface area contributed by atoms with Crippen LogP contribution >= 0.6 is 0 Å². The van der Waals surface area contributed by atoms with Crippen molar-refractivity contribution in [2.45, 2.75) is 0 Å². The zero-order valence-corrected chi connectivity index (χ0v) is 11.3. The molecule has 0 aliphatic carbocycles. The van der Waals surface area contributed by atoms with E-state index in [2.05, 4.69) is 21.1 Å². The van der Waals surface area contributed by atoms with Gasteiger partial charge in [0.25, 0.3) is 0 Å². The van der Waals surface area contributed by atoms with E-state index in [9.17, 15) is 4.79 Å². The number of hydrogen-bond donors (Lipinski definition) is 1. The first-order valence-corrected chi connectivity index (χ1v) is 6.64. The molecule has 0 saturated heterocycles. The van der Waals surface area contributed by atoms with Gasteiger partial charge in [-0.25, -0.2) is 9.78 Å². The smallest absolute Gasteiger partial charge is 0.305 e. The lowest BCUT2D eigenvalue weighted by molar-refractivity contribution is 0.885. The number of rotatable bonds is 1. The summed E-state index contributed by atoms with van der Waals surface area (Å²) in [6.07, 6.45) is 0. The predicted molar refractivity (Wildman–Crippen MR) is 81.3 cm³/mol. The number of hydrogen-bond acceptors (Lipinski definition) is 4. The Morgan fingerprint density at radius 3 is 2.86 bits per heavy atom. The number of nitrogens with zero attached hydrogens (tertiary/aromatic N) is 4. The number of H-pyrrole nitrogens is 1. The van der Waals surface area contributed by atoms with Gasteiger partial charge in [0.05, 0.1) is 17.1 Å². The second-order valence-corrected chi connectivity index (χ2v) is 4.84. The van der Waals surface area contributed by atoms with Crippen LogP contribution in [0.25, 0.3) is 27.9 Å². The number of fused-ring (bicyclic) bond motifs is 3. The summed E-state index contributed by atoms with van der Waals surface area (Å²) in [5.74, 6) is 0.416. The third kappa shape index (κ3) is 1.77. The van der Waals surface area contributed by atoms with Gasteiger partial charge in [0.1, 0.15) is 0 Å². The van der Waals surface area contributed by atoms with E-state index in [0.717, 1.165) is 5.39 Å². The third-order valence-corrected chi connectivity index (χ3v) is 3.46. The lowest BCUT2D eigenvalue weighted by Crippen LogP contribution is -2.17. The maximum Gasteiger partial charge on any atom is 0.348 e. The third-order valence-electron chi connectivity index (χ3n) is 3.46. The van der Waals surface area contributed by atoms with E-state index in [4.69, 9.17) is 5.26 Å². The molecule has 6 heteroatoms. The SMILES string of the molecule is N#Cc1cccc(-c2nc3c4ccccc4[nH]c(=O)n3n2)c1. The number of para-hydroxylation sites is 1. The molecule has 22 heavy (non-hydrogen) atoms. The van der Waals surface area contributed by atoms with Gasteiger partial charge in [0, 0.05) is 10.9 Å². The quantitative estimate of drug-likeness (QED) is 0.581. The van der Waals surface area contributed by atoms with Gasteiger partial charge in [-0.15, -0.1) is 5.10 Å². The highest BCUT2D eigenvalue weighted by Gasteiger charge is 2.12. The Kier molecular flexibility index (Phi) is 2.53. The topological polar surface area (TPSA) is 86.8 Å². The summed E-state index contributed by atoms with van der Waals surface area (Å²) >= 11 is 0. The second kappa shape index (κ2) is 4.53. The Balaban J connectivity index is 2.05. The van der Waals surface area contributed by atoms with Crippen LogP contribution in [0.3, 0.4) is 0 Å². The van der Waals surface area contributed by atoms with Gasteiger partial charge in [-0.3, -0.25) is 0 Å². The van der Waals surface area contributed by atoms with Crippen molar-refractivity contribution in [3.63, 3.8) is 0 Å². The Bertz CT molecular complexity index is 1120. The van der Waals surface area contributed by atoms with Gasteiger partial charge in [-0.2, -0.15) is 9.78 Å². The molecule has 2 aromatic carbocycles. The molecule has 2 heterocycles. The zero-order chi connectivity index (χ0) is 15.1. The molecule has 0 aliphatic heterocycles. The number of benzene rings is 2. The Hall–Kier alpha value is -3.46. The van der Waals surface area contributed by atoms with Gasteiger partial charge in [-0.05, 0) is 24.3 Å². The molecule has 0 radical (unpaired) electrons. The van der Waals surface area contributed by atoms with E-state index in [1.165, 1.54) is 4.52 Å². The van der Waals surface area contributed by atoms with Crippen LogP contribution in [0.2, 0.25) is 0 Å². The monoisotopic (exact) mass is 287 g/mol. The van der Waals surface area contributed by atoms with Crippen LogP contribution in [0.15, 0.2) is 53.3 Å². The predicted octanol–water partition coefficient (Wildman–Crippen LogP) is 2.11. The lowest BCUT2D eigenvalue weighted by Gasteiger charge is -1.97. The average Bonchev–Trinajstić information content (AvgIpc) is 3.01. The molecule has 0 saturated carbocycles. The van der Waals surface area contributed by atoms with Crippen LogP contribution in [0.4, 0.5) is 0 Å². The van der Waals surface area contributed by atoms with Gasteiger partial charge in [-0.1, -0.05) is 24.3 Å². The van der Waals surface area contributed by atoms with Crippen molar-refractivity contribution >= 4 is 16.6 Å². The number of nitriles is 1. The second-order valence-electron chi connectivity index (χ2n) is 4.84. The van der Waals surface area contributed by atoms with E-state index in [0.29, 0.717) is 28.1 Å². The highest BCUT2D eigenvalue weighted by molar-refractivity contribution is 5.91. The van der Waals surface area contributed by atoms with Gasteiger partial charge in [0.2, 0.25) is 0 Å². The first-order chi connectivity index (χ1) is 10.8. The molecule has 0 amide bonds. The summed E-state index contributed by atoms with van der Waals surface area (Å²) in [6.45, 7) is 0. The van der Waals surface area contributed by atoms with Crippen molar-refractivity contribution in [3.8, 4) is 17.5 Å². The minimum absolute atomic E-state index is 0.344. The Morgan fingerprint density at radius 1 is 1.14 bits per heavy atom. The van der Waals surface area contributed by atoms with E-state index in [1.54, 1.807) is 18.2 Å². The van der Waals surface area contributed by atoms with Gasteiger partial charge < -0.3 is 4.98 Å². The first-order valence-electron chi connectivity index (χ1n) is 6.64. The summed E-state index contributed by atoms with van der Waals surface area (Å²) in [6, 6.07) is 16.5.